The fourth-order valence-corrected chi connectivity index (χ4v) is 3.14. The zero-order valence-electron chi connectivity index (χ0n) is 15.2. The van der Waals surface area contributed by atoms with Crippen LogP contribution >= 0.6 is 0 Å². The van der Waals surface area contributed by atoms with E-state index < -0.39 is 0 Å². The number of unbranched alkanes of at least 4 members (excludes halogenated alkanes) is 2. The second-order valence-corrected chi connectivity index (χ2v) is 6.52. The molecular formula is C19H28N4O2. The molecule has 1 unspecified atom stereocenters. The Kier molecular flexibility index (Phi) is 6.28. The predicted molar refractivity (Wildman–Crippen MR) is 97.0 cm³/mol. The van der Waals surface area contributed by atoms with Crippen LogP contribution in [0, 0.1) is 0 Å². The Labute approximate surface area is 149 Å². The summed E-state index contributed by atoms with van der Waals surface area (Å²) in [6, 6.07) is 6.59. The molecule has 0 spiro atoms. The van der Waals surface area contributed by atoms with Gasteiger partial charge in [0.15, 0.2) is 11.5 Å². The van der Waals surface area contributed by atoms with E-state index in [2.05, 4.69) is 34.5 Å². The minimum absolute atomic E-state index is 0.422. The summed E-state index contributed by atoms with van der Waals surface area (Å²) in [4.78, 5) is 4.28. The van der Waals surface area contributed by atoms with E-state index in [0.717, 1.165) is 56.3 Å². The molecule has 1 N–H and O–H groups in total. The Morgan fingerprint density at radius 3 is 3.04 bits per heavy atom. The van der Waals surface area contributed by atoms with Crippen LogP contribution in [0.1, 0.15) is 44.0 Å². The zero-order valence-corrected chi connectivity index (χ0v) is 15.2. The number of methoxy groups -OCH3 is 1. The second kappa shape index (κ2) is 8.85. The summed E-state index contributed by atoms with van der Waals surface area (Å²) in [6.45, 7) is 4.62. The highest BCUT2D eigenvalue weighted by atomic mass is 16.5. The molecule has 0 saturated carbocycles. The minimum atomic E-state index is 0.422. The molecule has 25 heavy (non-hydrogen) atoms. The Morgan fingerprint density at radius 1 is 1.28 bits per heavy atom. The Hall–Kier alpha value is -2.08. The van der Waals surface area contributed by atoms with E-state index in [0.29, 0.717) is 6.04 Å². The van der Waals surface area contributed by atoms with E-state index >= 15 is 0 Å². The van der Waals surface area contributed by atoms with Gasteiger partial charge in [-0.3, -0.25) is 0 Å². The minimum Gasteiger partial charge on any atom is -0.493 e. The van der Waals surface area contributed by atoms with E-state index in [4.69, 9.17) is 9.47 Å². The van der Waals surface area contributed by atoms with Crippen LogP contribution in [0.25, 0.3) is 0 Å². The van der Waals surface area contributed by atoms with E-state index in [1.54, 1.807) is 13.4 Å². The smallest absolute Gasteiger partial charge is 0.161 e. The maximum Gasteiger partial charge on any atom is 0.161 e. The molecule has 0 aliphatic carbocycles. The first kappa shape index (κ1) is 17.7. The Morgan fingerprint density at radius 2 is 2.20 bits per heavy atom. The van der Waals surface area contributed by atoms with Crippen molar-refractivity contribution in [3.8, 4) is 11.5 Å². The van der Waals surface area contributed by atoms with Gasteiger partial charge in [-0.2, -0.15) is 5.10 Å². The molecule has 136 valence electrons. The first-order valence-electron chi connectivity index (χ1n) is 9.20. The molecule has 1 aromatic carbocycles. The van der Waals surface area contributed by atoms with Crippen molar-refractivity contribution < 1.29 is 9.47 Å². The van der Waals surface area contributed by atoms with Crippen LogP contribution in [0.3, 0.4) is 0 Å². The predicted octanol–water partition coefficient (Wildman–Crippen LogP) is 2.96. The van der Waals surface area contributed by atoms with Gasteiger partial charge >= 0.3 is 0 Å². The number of aryl methyl sites for hydroxylation is 1. The molecule has 0 radical (unpaired) electrons. The number of hydrogen-bond acceptors (Lipinski definition) is 5. The van der Waals surface area contributed by atoms with Crippen LogP contribution in [0.5, 0.6) is 11.5 Å². The van der Waals surface area contributed by atoms with Crippen LogP contribution < -0.4 is 14.8 Å². The molecule has 0 saturated heterocycles. The molecule has 3 rings (SSSR count). The van der Waals surface area contributed by atoms with Gasteiger partial charge in [-0.25, -0.2) is 9.67 Å². The van der Waals surface area contributed by atoms with Gasteiger partial charge in [-0.15, -0.1) is 0 Å². The van der Waals surface area contributed by atoms with Crippen molar-refractivity contribution in [2.45, 2.75) is 58.2 Å². The highest BCUT2D eigenvalue weighted by Gasteiger charge is 2.19. The van der Waals surface area contributed by atoms with Gasteiger partial charge < -0.3 is 14.8 Å². The molecule has 0 fully saturated rings. The van der Waals surface area contributed by atoms with Crippen molar-refractivity contribution in [1.82, 2.24) is 20.1 Å². The summed E-state index contributed by atoms with van der Waals surface area (Å²) in [7, 11) is 1.68. The molecule has 1 aromatic heterocycles. The third-order valence-electron chi connectivity index (χ3n) is 4.63. The standard InChI is InChI=1S/C19H28N4O2/c1-3-4-5-10-25-18-11-15(6-8-17(18)24-2)12-20-16-7-9-19-21-14-22-23(19)13-16/h6,8,11,14,16,20H,3-5,7,9-10,12-13H2,1-2H3. The molecule has 2 aromatic rings. The molecular weight excluding hydrogens is 316 g/mol. The zero-order chi connectivity index (χ0) is 17.5. The fourth-order valence-electron chi connectivity index (χ4n) is 3.14. The van der Waals surface area contributed by atoms with Crippen LogP contribution in [0.15, 0.2) is 24.5 Å². The molecule has 2 heterocycles. The summed E-state index contributed by atoms with van der Waals surface area (Å²) >= 11 is 0. The average molecular weight is 344 g/mol. The van der Waals surface area contributed by atoms with Crippen molar-refractivity contribution >= 4 is 0 Å². The normalized spacial score (nSPS) is 16.5. The van der Waals surface area contributed by atoms with Crippen molar-refractivity contribution in [3.05, 3.63) is 35.9 Å². The lowest BCUT2D eigenvalue weighted by Gasteiger charge is -2.24. The molecule has 6 nitrogen and oxygen atoms in total. The number of fused-ring (bicyclic) bond motifs is 1. The number of rotatable bonds is 9. The molecule has 0 amide bonds. The average Bonchev–Trinajstić information content (AvgIpc) is 3.11. The number of benzene rings is 1. The van der Waals surface area contributed by atoms with E-state index in [-0.39, 0.29) is 0 Å². The lowest BCUT2D eigenvalue weighted by Crippen LogP contribution is -2.37. The first-order valence-corrected chi connectivity index (χ1v) is 9.20. The number of nitrogens with zero attached hydrogens (tertiary/aromatic N) is 3. The summed E-state index contributed by atoms with van der Waals surface area (Å²) in [5.41, 5.74) is 1.20. The first-order chi connectivity index (χ1) is 12.3. The third-order valence-corrected chi connectivity index (χ3v) is 4.63. The largest absolute Gasteiger partial charge is 0.493 e. The number of hydrogen-bond donors (Lipinski definition) is 1. The highest BCUT2D eigenvalue weighted by Crippen LogP contribution is 2.28. The summed E-state index contributed by atoms with van der Waals surface area (Å²) in [5.74, 6) is 2.72. The molecule has 6 heteroatoms. The van der Waals surface area contributed by atoms with Gasteiger partial charge in [0, 0.05) is 19.0 Å². The van der Waals surface area contributed by atoms with Crippen LogP contribution in [0.4, 0.5) is 0 Å². The summed E-state index contributed by atoms with van der Waals surface area (Å²) in [6.07, 6.45) is 7.17. The van der Waals surface area contributed by atoms with Crippen molar-refractivity contribution in [2.75, 3.05) is 13.7 Å². The maximum atomic E-state index is 5.92. The van der Waals surface area contributed by atoms with Crippen LogP contribution in [0.2, 0.25) is 0 Å². The van der Waals surface area contributed by atoms with E-state index in [1.807, 2.05) is 10.7 Å². The Bertz CT molecular complexity index is 671. The lowest BCUT2D eigenvalue weighted by atomic mass is 10.1. The van der Waals surface area contributed by atoms with Crippen molar-refractivity contribution in [2.24, 2.45) is 0 Å². The van der Waals surface area contributed by atoms with Gasteiger partial charge in [0.2, 0.25) is 0 Å². The topological polar surface area (TPSA) is 61.2 Å². The van der Waals surface area contributed by atoms with E-state index in [1.165, 1.54) is 18.4 Å². The van der Waals surface area contributed by atoms with Crippen LogP contribution in [-0.2, 0) is 19.5 Å². The summed E-state index contributed by atoms with van der Waals surface area (Å²) in [5, 5.41) is 7.90. The Balaban J connectivity index is 1.55. The van der Waals surface area contributed by atoms with E-state index in [9.17, 15) is 0 Å². The molecule has 0 bridgehead atoms. The van der Waals surface area contributed by atoms with Crippen molar-refractivity contribution in [1.29, 1.82) is 0 Å². The molecule has 1 atom stereocenters. The highest BCUT2D eigenvalue weighted by molar-refractivity contribution is 5.43. The monoisotopic (exact) mass is 344 g/mol. The van der Waals surface area contributed by atoms with Gasteiger partial charge in [0.25, 0.3) is 0 Å². The van der Waals surface area contributed by atoms with Crippen molar-refractivity contribution in [3.63, 3.8) is 0 Å². The fraction of sp³-hybridized carbons (Fsp3) is 0.579. The van der Waals surface area contributed by atoms with Crippen LogP contribution in [-0.4, -0.2) is 34.5 Å². The van der Waals surface area contributed by atoms with Gasteiger partial charge in [-0.05, 0) is 30.5 Å². The second-order valence-electron chi connectivity index (χ2n) is 6.52. The summed E-state index contributed by atoms with van der Waals surface area (Å²) < 4.78 is 13.3. The van der Waals surface area contributed by atoms with Gasteiger partial charge in [0.1, 0.15) is 12.2 Å². The van der Waals surface area contributed by atoms with Gasteiger partial charge in [0.05, 0.1) is 20.3 Å². The number of nitrogens with one attached hydrogen (secondary N) is 1. The maximum absolute atomic E-state index is 5.92. The number of aromatic nitrogens is 3. The third kappa shape index (κ3) is 4.72. The quantitative estimate of drug-likeness (QED) is 0.709. The van der Waals surface area contributed by atoms with Gasteiger partial charge in [-0.1, -0.05) is 25.8 Å². The lowest BCUT2D eigenvalue weighted by molar-refractivity contribution is 0.285. The number of ether oxygens (including phenoxy) is 2. The SMILES string of the molecule is CCCCCOc1cc(CNC2CCc3ncnn3C2)ccc1OC. The molecule has 1 aliphatic rings. The molecule has 1 aliphatic heterocycles.